The van der Waals surface area contributed by atoms with E-state index in [1.165, 1.54) is 6.42 Å². The number of ketones is 1. The zero-order valence-corrected chi connectivity index (χ0v) is 14.1. The molecule has 2 aliphatic carbocycles. The topological polar surface area (TPSA) is 65.5 Å². The summed E-state index contributed by atoms with van der Waals surface area (Å²) >= 11 is 6.35. The Morgan fingerprint density at radius 2 is 1.75 bits per heavy atom. The molecule has 0 radical (unpaired) electrons. The summed E-state index contributed by atoms with van der Waals surface area (Å²) in [6.45, 7) is 1.03. The third-order valence-corrected chi connectivity index (χ3v) is 6.52. The fraction of sp³-hybridized carbons (Fsp3) is 0.611. The van der Waals surface area contributed by atoms with Gasteiger partial charge in [0.05, 0.1) is 18.9 Å². The maximum Gasteiger partial charge on any atom is 0.342 e. The fourth-order valence-corrected chi connectivity index (χ4v) is 5.16. The lowest BCUT2D eigenvalue weighted by atomic mass is 9.59. The number of Topliss-reactive ketones (excluding diaryl/α,β-unsaturated/α-hetero) is 1. The Morgan fingerprint density at radius 1 is 1.00 bits per heavy atom. The SMILES string of the molecule is O=C1OC2(CCOCC2)c2c1c(Cl)nc1c2C(=O)CC2(CCC2)C1. The first-order chi connectivity index (χ1) is 11.5. The van der Waals surface area contributed by atoms with Crippen molar-refractivity contribution < 1.29 is 19.1 Å². The van der Waals surface area contributed by atoms with Gasteiger partial charge in [0.15, 0.2) is 5.78 Å². The van der Waals surface area contributed by atoms with Crippen LogP contribution in [0.2, 0.25) is 5.15 Å². The van der Waals surface area contributed by atoms with Crippen LogP contribution in [0.25, 0.3) is 0 Å². The maximum atomic E-state index is 13.0. The number of nitrogens with zero attached hydrogens (tertiary/aromatic N) is 1. The van der Waals surface area contributed by atoms with Crippen molar-refractivity contribution in [3.63, 3.8) is 0 Å². The first-order valence-corrected chi connectivity index (χ1v) is 8.99. The molecular weight excluding hydrogens is 330 g/mol. The van der Waals surface area contributed by atoms with Crippen molar-refractivity contribution in [1.29, 1.82) is 0 Å². The molecule has 2 spiro atoms. The van der Waals surface area contributed by atoms with Crippen molar-refractivity contribution >= 4 is 23.4 Å². The summed E-state index contributed by atoms with van der Waals surface area (Å²) in [6, 6.07) is 0. The molecule has 1 aromatic heterocycles. The molecule has 0 N–H and O–H groups in total. The Bertz CT molecular complexity index is 778. The second kappa shape index (κ2) is 4.79. The molecule has 1 aromatic rings. The number of pyridine rings is 1. The van der Waals surface area contributed by atoms with Crippen LogP contribution in [0.4, 0.5) is 0 Å². The summed E-state index contributed by atoms with van der Waals surface area (Å²) in [5.41, 5.74) is 1.68. The van der Waals surface area contributed by atoms with Crippen LogP contribution in [0.3, 0.4) is 0 Å². The van der Waals surface area contributed by atoms with E-state index >= 15 is 0 Å². The highest BCUT2D eigenvalue weighted by atomic mass is 35.5. The molecule has 0 aromatic carbocycles. The number of ether oxygens (including phenoxy) is 2. The first kappa shape index (κ1) is 14.8. The van der Waals surface area contributed by atoms with Crippen molar-refractivity contribution in [3.05, 3.63) is 27.5 Å². The fourth-order valence-electron chi connectivity index (χ4n) is 4.88. The van der Waals surface area contributed by atoms with E-state index in [2.05, 4.69) is 4.98 Å². The smallest absolute Gasteiger partial charge is 0.342 e. The van der Waals surface area contributed by atoms with Crippen molar-refractivity contribution in [1.82, 2.24) is 4.98 Å². The lowest BCUT2D eigenvalue weighted by Crippen LogP contribution is -2.41. The minimum Gasteiger partial charge on any atom is -0.450 e. The molecule has 0 bridgehead atoms. The Morgan fingerprint density at radius 3 is 2.42 bits per heavy atom. The normalized spacial score (nSPS) is 26.0. The summed E-state index contributed by atoms with van der Waals surface area (Å²) in [5, 5.41) is 0.182. The van der Waals surface area contributed by atoms with Gasteiger partial charge >= 0.3 is 5.97 Å². The highest BCUT2D eigenvalue weighted by molar-refractivity contribution is 6.33. The third-order valence-electron chi connectivity index (χ3n) is 6.25. The number of carbonyl (C=O) groups is 2. The zero-order valence-electron chi connectivity index (χ0n) is 13.3. The highest BCUT2D eigenvalue weighted by Gasteiger charge is 2.53. The number of carbonyl (C=O) groups excluding carboxylic acids is 2. The minimum absolute atomic E-state index is 0.0704. The lowest BCUT2D eigenvalue weighted by molar-refractivity contribution is -0.0738. The highest BCUT2D eigenvalue weighted by Crippen LogP contribution is 2.54. The number of fused-ring (bicyclic) bond motifs is 4. The number of hydrogen-bond acceptors (Lipinski definition) is 5. The van der Waals surface area contributed by atoms with E-state index in [0.29, 0.717) is 49.2 Å². The van der Waals surface area contributed by atoms with E-state index < -0.39 is 11.6 Å². The van der Waals surface area contributed by atoms with E-state index in [1.54, 1.807) is 0 Å². The Labute approximate surface area is 144 Å². The molecule has 0 atom stereocenters. The van der Waals surface area contributed by atoms with Crippen LogP contribution in [-0.4, -0.2) is 30.0 Å². The van der Waals surface area contributed by atoms with Gasteiger partial charge in [-0.05, 0) is 24.7 Å². The molecule has 0 amide bonds. The average Bonchev–Trinajstić information content (AvgIpc) is 2.79. The van der Waals surface area contributed by atoms with Crippen molar-refractivity contribution in [2.24, 2.45) is 5.41 Å². The summed E-state index contributed by atoms with van der Waals surface area (Å²) in [6.07, 6.45) is 5.78. The van der Waals surface area contributed by atoms with E-state index in [-0.39, 0.29) is 16.4 Å². The quantitative estimate of drug-likeness (QED) is 0.532. The van der Waals surface area contributed by atoms with Gasteiger partial charge in [-0.25, -0.2) is 9.78 Å². The van der Waals surface area contributed by atoms with E-state index in [1.807, 2.05) is 0 Å². The molecule has 4 aliphatic rings. The molecule has 0 unspecified atom stereocenters. The van der Waals surface area contributed by atoms with E-state index in [4.69, 9.17) is 21.1 Å². The second-order valence-corrected chi connectivity index (χ2v) is 7.96. The van der Waals surface area contributed by atoms with Crippen LogP contribution in [0.15, 0.2) is 0 Å². The number of aromatic nitrogens is 1. The van der Waals surface area contributed by atoms with Gasteiger partial charge in [0.2, 0.25) is 0 Å². The van der Waals surface area contributed by atoms with Crippen LogP contribution in [-0.2, 0) is 21.5 Å². The van der Waals surface area contributed by atoms with Gasteiger partial charge in [-0.2, -0.15) is 0 Å². The molecule has 24 heavy (non-hydrogen) atoms. The molecule has 1 saturated carbocycles. The van der Waals surface area contributed by atoms with Crippen molar-refractivity contribution in [3.8, 4) is 0 Å². The van der Waals surface area contributed by atoms with Gasteiger partial charge < -0.3 is 9.47 Å². The number of hydrogen-bond donors (Lipinski definition) is 0. The van der Waals surface area contributed by atoms with Crippen molar-refractivity contribution in [2.45, 2.75) is 50.5 Å². The largest absolute Gasteiger partial charge is 0.450 e. The summed E-state index contributed by atoms with van der Waals surface area (Å²) in [5.74, 6) is -0.357. The zero-order chi connectivity index (χ0) is 16.5. The Hall–Kier alpha value is -1.46. The average molecular weight is 348 g/mol. The van der Waals surface area contributed by atoms with Crippen molar-refractivity contribution in [2.75, 3.05) is 13.2 Å². The molecule has 2 fully saturated rings. The van der Waals surface area contributed by atoms with Gasteiger partial charge in [-0.3, -0.25) is 4.79 Å². The summed E-state index contributed by atoms with van der Waals surface area (Å²) < 4.78 is 11.2. The van der Waals surface area contributed by atoms with E-state index in [9.17, 15) is 9.59 Å². The Kier molecular flexibility index (Phi) is 2.97. The number of halogens is 1. The van der Waals surface area contributed by atoms with E-state index in [0.717, 1.165) is 25.0 Å². The lowest BCUT2D eigenvalue weighted by Gasteiger charge is -2.45. The number of esters is 1. The van der Waals surface area contributed by atoms with Crippen LogP contribution >= 0.6 is 11.6 Å². The molecule has 1 saturated heterocycles. The predicted molar refractivity (Wildman–Crippen MR) is 85.3 cm³/mol. The number of rotatable bonds is 0. The van der Waals surface area contributed by atoms with Gasteiger partial charge in [0, 0.05) is 30.4 Å². The molecular formula is C18H18ClNO4. The first-order valence-electron chi connectivity index (χ1n) is 8.61. The molecule has 126 valence electrons. The van der Waals surface area contributed by atoms with Crippen LogP contribution in [0, 0.1) is 5.41 Å². The van der Waals surface area contributed by atoms with Gasteiger partial charge in [0.1, 0.15) is 16.3 Å². The maximum absolute atomic E-state index is 13.0. The molecule has 6 heteroatoms. The predicted octanol–water partition coefficient (Wildman–Crippen LogP) is 3.21. The molecule has 5 nitrogen and oxygen atoms in total. The summed E-state index contributed by atoms with van der Waals surface area (Å²) in [4.78, 5) is 29.9. The van der Waals surface area contributed by atoms with Crippen LogP contribution < -0.4 is 0 Å². The molecule has 3 heterocycles. The van der Waals surface area contributed by atoms with Crippen LogP contribution in [0.1, 0.15) is 70.5 Å². The van der Waals surface area contributed by atoms with Gasteiger partial charge in [0.25, 0.3) is 0 Å². The molecule has 2 aliphatic heterocycles. The third kappa shape index (κ3) is 1.83. The Balaban J connectivity index is 1.73. The van der Waals surface area contributed by atoms with Gasteiger partial charge in [-0.1, -0.05) is 18.0 Å². The molecule has 5 rings (SSSR count). The monoisotopic (exact) mass is 347 g/mol. The summed E-state index contributed by atoms with van der Waals surface area (Å²) in [7, 11) is 0. The van der Waals surface area contributed by atoms with Gasteiger partial charge in [-0.15, -0.1) is 0 Å². The van der Waals surface area contributed by atoms with Crippen LogP contribution in [0.5, 0.6) is 0 Å². The standard InChI is InChI=1S/C18H18ClNO4/c19-15-13-14(18(24-16(13)22)4-6-23-7-5-18)12-10(20-15)8-17(2-1-3-17)9-11(12)21/h1-9H2. The minimum atomic E-state index is -0.763. The second-order valence-electron chi connectivity index (χ2n) is 7.60.